The van der Waals surface area contributed by atoms with E-state index in [4.69, 9.17) is 0 Å². The second kappa shape index (κ2) is 23.9. The van der Waals surface area contributed by atoms with Crippen LogP contribution in [0.2, 0.25) is 0 Å². The molecule has 0 aromatic rings. The Labute approximate surface area is 198 Å². The van der Waals surface area contributed by atoms with Gasteiger partial charge in [0.15, 0.2) is 0 Å². The first-order chi connectivity index (χ1) is 15.2. The van der Waals surface area contributed by atoms with Crippen molar-refractivity contribution in [2.24, 2.45) is 0 Å². The Morgan fingerprint density at radius 3 is 0.875 bits per heavy atom. The number of quaternary nitrogens is 1. The van der Waals surface area contributed by atoms with Crippen LogP contribution in [0.1, 0.15) is 143 Å². The quantitative estimate of drug-likeness (QED) is 0.0640. The van der Waals surface area contributed by atoms with Gasteiger partial charge in [0.25, 0.3) is 0 Å². The maximum Gasteiger partial charge on any atom is 0.673 e. The lowest BCUT2D eigenvalue weighted by molar-refractivity contribution is -0.929. The van der Waals surface area contributed by atoms with E-state index in [0.29, 0.717) is 0 Å². The van der Waals surface area contributed by atoms with Crippen molar-refractivity contribution >= 4 is 7.25 Å². The highest BCUT2D eigenvalue weighted by Crippen LogP contribution is 2.18. The van der Waals surface area contributed by atoms with Gasteiger partial charge in [0, 0.05) is 0 Å². The van der Waals surface area contributed by atoms with Crippen molar-refractivity contribution in [1.82, 2.24) is 0 Å². The standard InChI is InChI=1S/C26H56N.BF4/c1-5-9-13-14-15-16-17-18-19-20-21-22-26-27(23-10-6-2,24-11-7-3)25-12-8-4;2-1(3,4)5/h5-26H2,1-4H3;/q+1;-1. The summed E-state index contributed by atoms with van der Waals surface area (Å²) in [4.78, 5) is 0. The van der Waals surface area contributed by atoms with E-state index in [1.54, 1.807) is 0 Å². The van der Waals surface area contributed by atoms with E-state index >= 15 is 0 Å². The maximum absolute atomic E-state index is 9.75. The summed E-state index contributed by atoms with van der Waals surface area (Å²) in [5, 5.41) is 0. The molecule has 0 aliphatic carbocycles. The van der Waals surface area contributed by atoms with Crippen LogP contribution in [0.15, 0.2) is 0 Å². The minimum Gasteiger partial charge on any atom is -0.418 e. The van der Waals surface area contributed by atoms with Gasteiger partial charge in [-0.2, -0.15) is 0 Å². The van der Waals surface area contributed by atoms with Crippen LogP contribution in [-0.2, 0) is 0 Å². The number of hydrogen-bond donors (Lipinski definition) is 0. The van der Waals surface area contributed by atoms with Crippen molar-refractivity contribution < 1.29 is 21.7 Å². The summed E-state index contributed by atoms with van der Waals surface area (Å²) in [5.41, 5.74) is 0. The number of hydrogen-bond acceptors (Lipinski definition) is 0. The Kier molecular flexibility index (Phi) is 25.3. The molecule has 0 saturated heterocycles. The van der Waals surface area contributed by atoms with E-state index in [-0.39, 0.29) is 0 Å². The first-order valence-corrected chi connectivity index (χ1v) is 14.0. The Hall–Kier alpha value is -0.255. The predicted octanol–water partition coefficient (Wildman–Crippen LogP) is 10.2. The van der Waals surface area contributed by atoms with E-state index in [2.05, 4.69) is 27.7 Å². The van der Waals surface area contributed by atoms with Crippen LogP contribution in [0, 0.1) is 0 Å². The molecule has 0 spiro atoms. The molecule has 0 atom stereocenters. The average molecular weight is 470 g/mol. The molecule has 0 heterocycles. The molecular formula is C26H56BF4N. The fraction of sp³-hybridized carbons (Fsp3) is 1.00. The molecule has 0 aliphatic rings. The Morgan fingerprint density at radius 1 is 0.375 bits per heavy atom. The monoisotopic (exact) mass is 469 g/mol. The topological polar surface area (TPSA) is 0 Å². The molecule has 0 aromatic heterocycles. The van der Waals surface area contributed by atoms with E-state index in [9.17, 15) is 17.3 Å². The molecule has 0 aliphatic heterocycles. The largest absolute Gasteiger partial charge is 0.673 e. The molecule has 196 valence electrons. The second-order valence-corrected chi connectivity index (χ2v) is 9.68. The molecule has 0 aromatic carbocycles. The summed E-state index contributed by atoms with van der Waals surface area (Å²) < 4.78 is 40.4. The van der Waals surface area contributed by atoms with Crippen LogP contribution >= 0.6 is 0 Å². The van der Waals surface area contributed by atoms with Crippen LogP contribution in [0.4, 0.5) is 17.3 Å². The first-order valence-electron chi connectivity index (χ1n) is 14.0. The van der Waals surface area contributed by atoms with Crippen LogP contribution < -0.4 is 0 Å². The maximum atomic E-state index is 9.75. The molecule has 1 nitrogen and oxygen atoms in total. The third-order valence-electron chi connectivity index (χ3n) is 6.44. The molecule has 0 bridgehead atoms. The molecule has 0 saturated carbocycles. The van der Waals surface area contributed by atoms with Crippen molar-refractivity contribution in [2.45, 2.75) is 143 Å². The summed E-state index contributed by atoms with van der Waals surface area (Å²) in [6.45, 7) is 15.2. The highest BCUT2D eigenvalue weighted by Gasteiger charge is 2.25. The zero-order chi connectivity index (χ0) is 24.6. The highest BCUT2D eigenvalue weighted by molar-refractivity contribution is 6.50. The molecular weight excluding hydrogens is 413 g/mol. The minimum absolute atomic E-state index is 1.36. The lowest BCUT2D eigenvalue weighted by Crippen LogP contribution is -2.50. The fourth-order valence-corrected chi connectivity index (χ4v) is 4.44. The Balaban J connectivity index is 0. The van der Waals surface area contributed by atoms with Gasteiger partial charge in [-0.25, -0.2) is 0 Å². The van der Waals surface area contributed by atoms with Gasteiger partial charge in [0.1, 0.15) is 0 Å². The van der Waals surface area contributed by atoms with Crippen LogP contribution in [0.3, 0.4) is 0 Å². The predicted molar refractivity (Wildman–Crippen MR) is 136 cm³/mol. The Bertz CT molecular complexity index is 336. The number of rotatable bonds is 22. The summed E-state index contributed by atoms with van der Waals surface area (Å²) in [7, 11) is -6.00. The van der Waals surface area contributed by atoms with Crippen molar-refractivity contribution in [3.05, 3.63) is 0 Å². The number of nitrogens with zero attached hydrogens (tertiary/aromatic N) is 1. The fourth-order valence-electron chi connectivity index (χ4n) is 4.44. The SMILES string of the molecule is CCCCCCCCCCCCCC[N+](CCCC)(CCCC)CCCC.F[B-](F)(F)F. The normalized spacial score (nSPS) is 12.0. The molecule has 0 amide bonds. The van der Waals surface area contributed by atoms with E-state index in [1.807, 2.05) is 0 Å². The summed E-state index contributed by atoms with van der Waals surface area (Å²) in [6.07, 6.45) is 25.9. The van der Waals surface area contributed by atoms with E-state index < -0.39 is 7.25 Å². The van der Waals surface area contributed by atoms with Crippen LogP contribution in [0.5, 0.6) is 0 Å². The molecule has 32 heavy (non-hydrogen) atoms. The average Bonchev–Trinajstić information content (AvgIpc) is 2.74. The van der Waals surface area contributed by atoms with E-state index in [0.717, 1.165) is 0 Å². The molecule has 0 rings (SSSR count). The van der Waals surface area contributed by atoms with Gasteiger partial charge in [0.05, 0.1) is 26.2 Å². The number of unbranched alkanes of at least 4 members (excludes halogenated alkanes) is 14. The van der Waals surface area contributed by atoms with Gasteiger partial charge in [-0.3, -0.25) is 0 Å². The molecule has 0 unspecified atom stereocenters. The minimum atomic E-state index is -6.00. The molecule has 0 fully saturated rings. The smallest absolute Gasteiger partial charge is 0.418 e. The van der Waals surface area contributed by atoms with Gasteiger partial charge in [-0.1, -0.05) is 111 Å². The zero-order valence-electron chi connectivity index (χ0n) is 22.1. The number of halogens is 4. The third-order valence-corrected chi connectivity index (χ3v) is 6.44. The van der Waals surface area contributed by atoms with Gasteiger partial charge < -0.3 is 21.7 Å². The van der Waals surface area contributed by atoms with Crippen molar-refractivity contribution in [2.75, 3.05) is 26.2 Å². The van der Waals surface area contributed by atoms with Crippen molar-refractivity contribution in [1.29, 1.82) is 0 Å². The van der Waals surface area contributed by atoms with Crippen molar-refractivity contribution in [3.8, 4) is 0 Å². The lowest BCUT2D eigenvalue weighted by Gasteiger charge is -2.39. The van der Waals surface area contributed by atoms with Gasteiger partial charge in [-0.15, -0.1) is 0 Å². The van der Waals surface area contributed by atoms with E-state index in [1.165, 1.54) is 146 Å². The van der Waals surface area contributed by atoms with Crippen molar-refractivity contribution in [3.63, 3.8) is 0 Å². The zero-order valence-corrected chi connectivity index (χ0v) is 22.1. The second-order valence-electron chi connectivity index (χ2n) is 9.68. The molecule has 0 radical (unpaired) electrons. The Morgan fingerprint density at radius 2 is 0.594 bits per heavy atom. The molecule has 6 heteroatoms. The first kappa shape index (κ1) is 33.9. The van der Waals surface area contributed by atoms with Crippen LogP contribution in [-0.4, -0.2) is 37.9 Å². The summed E-state index contributed by atoms with van der Waals surface area (Å²) >= 11 is 0. The summed E-state index contributed by atoms with van der Waals surface area (Å²) in [6, 6.07) is 0. The van der Waals surface area contributed by atoms with Gasteiger partial charge in [-0.05, 0) is 32.1 Å². The third kappa shape index (κ3) is 27.8. The van der Waals surface area contributed by atoms with Gasteiger partial charge >= 0.3 is 7.25 Å². The lowest BCUT2D eigenvalue weighted by atomic mass is 10.0. The van der Waals surface area contributed by atoms with Crippen LogP contribution in [0.25, 0.3) is 0 Å². The summed E-state index contributed by atoms with van der Waals surface area (Å²) in [5.74, 6) is 0. The van der Waals surface area contributed by atoms with Gasteiger partial charge in [0.2, 0.25) is 0 Å². The molecule has 0 N–H and O–H groups in total. The highest BCUT2D eigenvalue weighted by atomic mass is 19.5.